The first-order chi connectivity index (χ1) is 4.47. The summed E-state index contributed by atoms with van der Waals surface area (Å²) in [5, 5.41) is 0. The van der Waals surface area contributed by atoms with Gasteiger partial charge >= 0.3 is 0 Å². The zero-order valence-electron chi connectivity index (χ0n) is 5.46. The van der Waals surface area contributed by atoms with Crippen LogP contribution in [0.4, 0.5) is 0 Å². The lowest BCUT2D eigenvalue weighted by molar-refractivity contribution is 0.644. The molecule has 0 aromatic carbocycles. The molecule has 0 N–H and O–H groups in total. The van der Waals surface area contributed by atoms with Gasteiger partial charge in [0.15, 0.2) is 0 Å². The topological polar surface area (TPSA) is 3.24 Å². The van der Waals surface area contributed by atoms with Crippen LogP contribution >= 0.6 is 0 Å². The van der Waals surface area contributed by atoms with Gasteiger partial charge in [0, 0.05) is 6.54 Å². The molecule has 0 spiro atoms. The molecule has 46 valence electrons. The molecule has 0 radical (unpaired) electrons. The molecule has 0 amide bonds. The predicted molar refractivity (Wildman–Crippen MR) is 40.4 cm³/mol. The van der Waals surface area contributed by atoms with Crippen molar-refractivity contribution in [3.05, 3.63) is 24.4 Å². The molecule has 2 aliphatic rings. The second-order valence-electron chi connectivity index (χ2n) is 2.68. The van der Waals surface area contributed by atoms with E-state index in [0.717, 1.165) is 13.4 Å². The van der Waals surface area contributed by atoms with E-state index in [1.807, 2.05) is 0 Å². The summed E-state index contributed by atoms with van der Waals surface area (Å²) in [6, 6.07) is 0. The molecule has 1 nitrogen and oxygen atoms in total. The van der Waals surface area contributed by atoms with E-state index in [2.05, 4.69) is 29.2 Å². The molecule has 2 heteroatoms. The maximum Gasteiger partial charge on any atom is 0.261 e. The van der Waals surface area contributed by atoms with Crippen molar-refractivity contribution < 1.29 is 0 Å². The van der Waals surface area contributed by atoms with Gasteiger partial charge in [-0.1, -0.05) is 18.2 Å². The molecule has 0 aromatic heterocycles. The number of hydrogen-bond donors (Lipinski definition) is 0. The summed E-state index contributed by atoms with van der Waals surface area (Å²) in [6.07, 6.45) is 11.5. The van der Waals surface area contributed by atoms with Crippen molar-refractivity contribution in [2.45, 2.75) is 12.6 Å². The summed E-state index contributed by atoms with van der Waals surface area (Å²) in [5.74, 6) is 0. The average Bonchev–Trinajstić information content (AvgIpc) is 2.33. The van der Waals surface area contributed by atoms with Crippen molar-refractivity contribution in [1.29, 1.82) is 0 Å². The Balaban J connectivity index is 2.13. The normalized spacial score (nSPS) is 23.1. The predicted octanol–water partition coefficient (Wildman–Crippen LogP) is 1.38. The zero-order chi connectivity index (χ0) is 6.10. The summed E-state index contributed by atoms with van der Waals surface area (Å²) in [6.45, 7) is 1.93. The van der Waals surface area contributed by atoms with Gasteiger partial charge in [0.05, 0.1) is 0 Å². The Morgan fingerprint density at radius 1 is 1.11 bits per heavy atom. The maximum atomic E-state index is 2.40. The number of rotatable bonds is 0. The third-order valence-electron chi connectivity index (χ3n) is 2.07. The van der Waals surface area contributed by atoms with Crippen LogP contribution in [0.15, 0.2) is 24.4 Å². The van der Waals surface area contributed by atoms with E-state index >= 15 is 0 Å². The highest BCUT2D eigenvalue weighted by atomic mass is 15.0. The SMILES string of the molecule is C1=CCN2C=CCB2C1. The van der Waals surface area contributed by atoms with Gasteiger partial charge < -0.3 is 4.81 Å². The molecule has 0 aliphatic carbocycles. The smallest absolute Gasteiger partial charge is 0.261 e. The quantitative estimate of drug-likeness (QED) is 0.344. The highest BCUT2D eigenvalue weighted by Crippen LogP contribution is 2.18. The van der Waals surface area contributed by atoms with Crippen LogP contribution in [0.1, 0.15) is 0 Å². The second-order valence-corrected chi connectivity index (χ2v) is 2.68. The van der Waals surface area contributed by atoms with E-state index in [9.17, 15) is 0 Å². The fraction of sp³-hybridized carbons (Fsp3) is 0.429. The number of fused-ring (bicyclic) bond motifs is 1. The van der Waals surface area contributed by atoms with E-state index in [4.69, 9.17) is 0 Å². The molecule has 2 aliphatic heterocycles. The molecule has 0 aromatic rings. The number of hydrogen-bond acceptors (Lipinski definition) is 1. The van der Waals surface area contributed by atoms with Crippen LogP contribution in [-0.2, 0) is 0 Å². The third kappa shape index (κ3) is 0.785. The van der Waals surface area contributed by atoms with Crippen molar-refractivity contribution in [2.75, 3.05) is 6.54 Å². The van der Waals surface area contributed by atoms with Crippen LogP contribution in [0.5, 0.6) is 0 Å². The highest BCUT2D eigenvalue weighted by Gasteiger charge is 2.23. The molecule has 0 bridgehead atoms. The van der Waals surface area contributed by atoms with Crippen LogP contribution in [-0.4, -0.2) is 18.2 Å². The van der Waals surface area contributed by atoms with Gasteiger partial charge in [-0.05, 0) is 18.8 Å². The number of allylic oxidation sites excluding steroid dienone is 2. The van der Waals surface area contributed by atoms with Gasteiger partial charge in [-0.3, -0.25) is 0 Å². The Labute approximate surface area is 56.1 Å². The van der Waals surface area contributed by atoms with E-state index < -0.39 is 0 Å². The van der Waals surface area contributed by atoms with Gasteiger partial charge in [0.2, 0.25) is 0 Å². The van der Waals surface area contributed by atoms with E-state index in [1.165, 1.54) is 12.6 Å². The molecule has 0 saturated heterocycles. The zero-order valence-corrected chi connectivity index (χ0v) is 5.46. The third-order valence-corrected chi connectivity index (χ3v) is 2.07. The molecule has 0 fully saturated rings. The van der Waals surface area contributed by atoms with Gasteiger partial charge in [-0.15, -0.1) is 0 Å². The van der Waals surface area contributed by atoms with Gasteiger partial charge in [-0.25, -0.2) is 0 Å². The highest BCUT2D eigenvalue weighted by molar-refractivity contribution is 6.58. The Morgan fingerprint density at radius 2 is 2.00 bits per heavy atom. The maximum absolute atomic E-state index is 2.40. The van der Waals surface area contributed by atoms with E-state index in [-0.39, 0.29) is 0 Å². The largest absolute Gasteiger partial charge is 0.417 e. The number of nitrogens with zero attached hydrogens (tertiary/aromatic N) is 1. The van der Waals surface area contributed by atoms with Crippen molar-refractivity contribution in [3.8, 4) is 0 Å². The minimum atomic E-state index is 0.801. The fourth-order valence-corrected chi connectivity index (χ4v) is 1.50. The average molecular weight is 119 g/mol. The second kappa shape index (κ2) is 1.94. The molecule has 0 saturated carbocycles. The lowest BCUT2D eigenvalue weighted by atomic mass is 9.55. The van der Waals surface area contributed by atoms with E-state index in [0.29, 0.717) is 0 Å². The van der Waals surface area contributed by atoms with Crippen LogP contribution in [0.2, 0.25) is 12.6 Å². The first kappa shape index (κ1) is 5.16. The summed E-state index contributed by atoms with van der Waals surface area (Å²) < 4.78 is 0. The monoisotopic (exact) mass is 119 g/mol. The van der Waals surface area contributed by atoms with Gasteiger partial charge in [0.25, 0.3) is 6.85 Å². The Bertz CT molecular complexity index is 162. The van der Waals surface area contributed by atoms with Crippen molar-refractivity contribution in [2.24, 2.45) is 0 Å². The molecular formula is C7H10BN. The minimum absolute atomic E-state index is 0.801. The molecule has 2 heterocycles. The van der Waals surface area contributed by atoms with E-state index in [1.54, 1.807) is 0 Å². The first-order valence-corrected chi connectivity index (χ1v) is 3.54. The Kier molecular flexibility index (Phi) is 1.11. The van der Waals surface area contributed by atoms with Crippen molar-refractivity contribution in [3.63, 3.8) is 0 Å². The first-order valence-electron chi connectivity index (χ1n) is 3.54. The molecular weight excluding hydrogens is 109 g/mol. The van der Waals surface area contributed by atoms with Crippen LogP contribution < -0.4 is 0 Å². The van der Waals surface area contributed by atoms with Crippen molar-refractivity contribution in [1.82, 2.24) is 4.81 Å². The molecule has 2 rings (SSSR count). The van der Waals surface area contributed by atoms with Crippen molar-refractivity contribution >= 4 is 6.85 Å². The van der Waals surface area contributed by atoms with Crippen LogP contribution in [0, 0.1) is 0 Å². The van der Waals surface area contributed by atoms with Crippen LogP contribution in [0.25, 0.3) is 0 Å². The Hall–Kier alpha value is -0.655. The Morgan fingerprint density at radius 3 is 2.89 bits per heavy atom. The fourth-order valence-electron chi connectivity index (χ4n) is 1.50. The summed E-state index contributed by atoms with van der Waals surface area (Å²) in [4.78, 5) is 2.40. The van der Waals surface area contributed by atoms with Gasteiger partial charge in [0.1, 0.15) is 0 Å². The van der Waals surface area contributed by atoms with Gasteiger partial charge in [-0.2, -0.15) is 0 Å². The summed E-state index contributed by atoms with van der Waals surface area (Å²) in [7, 11) is 0. The lowest BCUT2D eigenvalue weighted by Crippen LogP contribution is -2.32. The standard InChI is InChI=1S/C7H10BN/c1-2-6-9-7-3-5-8(9)4-1/h1-3,7H,4-6H2. The minimum Gasteiger partial charge on any atom is -0.417 e. The summed E-state index contributed by atoms with van der Waals surface area (Å²) in [5.41, 5.74) is 0. The summed E-state index contributed by atoms with van der Waals surface area (Å²) >= 11 is 0. The lowest BCUT2D eigenvalue weighted by Gasteiger charge is -2.23. The molecule has 0 atom stereocenters. The molecule has 0 unspecified atom stereocenters. The molecule has 9 heavy (non-hydrogen) atoms. The van der Waals surface area contributed by atoms with Crippen LogP contribution in [0.3, 0.4) is 0 Å².